The lowest BCUT2D eigenvalue weighted by atomic mass is 9.72. The van der Waals surface area contributed by atoms with Gasteiger partial charge in [0.1, 0.15) is 5.00 Å². The molecule has 0 saturated carbocycles. The van der Waals surface area contributed by atoms with Crippen LogP contribution < -0.4 is 10.6 Å². The van der Waals surface area contributed by atoms with E-state index < -0.39 is 0 Å². The molecule has 0 saturated heterocycles. The van der Waals surface area contributed by atoms with Crippen molar-refractivity contribution in [3.8, 4) is 0 Å². The van der Waals surface area contributed by atoms with E-state index in [1.165, 1.54) is 29.4 Å². The van der Waals surface area contributed by atoms with Crippen LogP contribution in [0, 0.1) is 11.3 Å². The van der Waals surface area contributed by atoms with Crippen LogP contribution in [0.4, 0.5) is 5.00 Å². The number of esters is 1. The summed E-state index contributed by atoms with van der Waals surface area (Å²) in [6, 6.07) is 3.25. The summed E-state index contributed by atoms with van der Waals surface area (Å²) in [4.78, 5) is 39.5. The Morgan fingerprint density at radius 1 is 1.24 bits per heavy atom. The molecule has 2 amide bonds. The molecule has 1 aliphatic rings. The van der Waals surface area contributed by atoms with Crippen molar-refractivity contribution < 1.29 is 23.5 Å². The van der Waals surface area contributed by atoms with Crippen LogP contribution in [0.15, 0.2) is 28.0 Å². The maximum absolute atomic E-state index is 13.1. The highest BCUT2D eigenvalue weighted by Crippen LogP contribution is 2.44. The summed E-state index contributed by atoms with van der Waals surface area (Å²) >= 11 is 2.76. The zero-order valence-corrected chi connectivity index (χ0v) is 26.0. The van der Waals surface area contributed by atoms with Crippen LogP contribution in [-0.4, -0.2) is 44.9 Å². The summed E-state index contributed by atoms with van der Waals surface area (Å²) in [5.41, 5.74) is 1.68. The lowest BCUT2D eigenvalue weighted by molar-refractivity contribution is -0.113. The molecule has 1 aliphatic carbocycles. The van der Waals surface area contributed by atoms with Gasteiger partial charge in [0.05, 0.1) is 30.7 Å². The number of carbonyl (C=O) groups is 3. The molecule has 222 valence electrons. The van der Waals surface area contributed by atoms with E-state index in [1.54, 1.807) is 19.1 Å². The summed E-state index contributed by atoms with van der Waals surface area (Å²) in [6.45, 7) is 11.7. The minimum Gasteiger partial charge on any atom is -0.462 e. The molecule has 2 N–H and O–H groups in total. The molecule has 4 rings (SSSR count). The summed E-state index contributed by atoms with van der Waals surface area (Å²) in [5.74, 6) is 0.478. The average molecular weight is 602 g/mol. The molecule has 1 unspecified atom stereocenters. The predicted molar refractivity (Wildman–Crippen MR) is 159 cm³/mol. The Morgan fingerprint density at radius 3 is 2.73 bits per heavy atom. The third kappa shape index (κ3) is 7.59. The van der Waals surface area contributed by atoms with Gasteiger partial charge in [-0.05, 0) is 61.6 Å². The van der Waals surface area contributed by atoms with Crippen molar-refractivity contribution in [2.75, 3.05) is 17.7 Å². The fourth-order valence-electron chi connectivity index (χ4n) is 4.88. The monoisotopic (exact) mass is 601 g/mol. The van der Waals surface area contributed by atoms with Crippen LogP contribution in [-0.2, 0) is 35.5 Å². The Balaban J connectivity index is 1.45. The van der Waals surface area contributed by atoms with Crippen LogP contribution in [0.3, 0.4) is 0 Å². The van der Waals surface area contributed by atoms with E-state index >= 15 is 0 Å². The van der Waals surface area contributed by atoms with E-state index in [0.29, 0.717) is 34.0 Å². The molecule has 1 atom stereocenters. The molecule has 10 nitrogen and oxygen atoms in total. The highest BCUT2D eigenvalue weighted by Gasteiger charge is 2.34. The summed E-state index contributed by atoms with van der Waals surface area (Å²) in [5, 5.41) is 15.5. The standard InChI is InChI=1S/C29H39N5O5S2/c1-6-8-13-34-22(16-30-25(36)20-10-9-14-39-20)32-33-28(34)40-17-23(35)31-26-24(27(37)38-7-2)19-12-11-18(29(3,4)5)15-21(19)41-26/h9-10,14,18H,6-8,11-13,15-17H2,1-5H3,(H,30,36)(H,31,35). The van der Waals surface area contributed by atoms with E-state index in [-0.39, 0.29) is 47.9 Å². The average Bonchev–Trinajstić information content (AvgIpc) is 3.67. The number of furan rings is 1. The van der Waals surface area contributed by atoms with Crippen molar-refractivity contribution >= 4 is 45.9 Å². The number of ether oxygens (including phenoxy) is 1. The molecule has 12 heteroatoms. The minimum absolute atomic E-state index is 0.0957. The Hall–Kier alpha value is -3.12. The number of hydrogen-bond acceptors (Lipinski definition) is 9. The van der Waals surface area contributed by atoms with Crippen LogP contribution in [0.5, 0.6) is 0 Å². The molecule has 3 heterocycles. The van der Waals surface area contributed by atoms with E-state index in [2.05, 4.69) is 48.5 Å². The van der Waals surface area contributed by atoms with Gasteiger partial charge in [-0.25, -0.2) is 4.79 Å². The van der Waals surface area contributed by atoms with Gasteiger partial charge in [-0.2, -0.15) is 0 Å². The number of nitrogens with one attached hydrogen (secondary N) is 2. The van der Waals surface area contributed by atoms with Crippen LogP contribution in [0.25, 0.3) is 0 Å². The van der Waals surface area contributed by atoms with E-state index in [0.717, 1.165) is 42.5 Å². The number of carbonyl (C=O) groups excluding carboxylic acids is 3. The second-order valence-corrected chi connectivity index (χ2v) is 13.2. The highest BCUT2D eigenvalue weighted by molar-refractivity contribution is 7.99. The fourth-order valence-corrected chi connectivity index (χ4v) is 6.99. The molecule has 41 heavy (non-hydrogen) atoms. The van der Waals surface area contributed by atoms with Crippen molar-refractivity contribution in [2.24, 2.45) is 11.3 Å². The summed E-state index contributed by atoms with van der Waals surface area (Å²) in [6.07, 6.45) is 6.00. The first-order chi connectivity index (χ1) is 19.6. The SMILES string of the molecule is CCCCn1c(CNC(=O)c2ccco2)nnc1SCC(=O)Nc1sc2c(c1C(=O)OCC)CCC(C(C)(C)C)C2. The molecule has 3 aromatic heterocycles. The van der Waals surface area contributed by atoms with Crippen LogP contribution >= 0.6 is 23.1 Å². The molecule has 3 aromatic rings. The molecule has 0 aliphatic heterocycles. The predicted octanol–water partition coefficient (Wildman–Crippen LogP) is 5.72. The number of aromatic nitrogens is 3. The number of amides is 2. The molecular weight excluding hydrogens is 562 g/mol. The first kappa shape index (κ1) is 30.8. The molecule has 0 spiro atoms. The van der Waals surface area contributed by atoms with Gasteiger partial charge in [0, 0.05) is 11.4 Å². The first-order valence-electron chi connectivity index (χ1n) is 14.1. The molecule has 0 radical (unpaired) electrons. The number of rotatable bonds is 12. The van der Waals surface area contributed by atoms with Gasteiger partial charge in [-0.3, -0.25) is 9.59 Å². The zero-order chi connectivity index (χ0) is 29.6. The Kier molecular flexibility index (Phi) is 10.3. The van der Waals surface area contributed by atoms with Gasteiger partial charge in [0.25, 0.3) is 5.91 Å². The lowest BCUT2D eigenvalue weighted by Gasteiger charge is -2.33. The third-order valence-electron chi connectivity index (χ3n) is 7.24. The normalized spacial score (nSPS) is 14.9. The van der Waals surface area contributed by atoms with Crippen molar-refractivity contribution in [2.45, 2.75) is 85.0 Å². The highest BCUT2D eigenvalue weighted by atomic mass is 32.2. The maximum atomic E-state index is 13.1. The maximum Gasteiger partial charge on any atom is 0.341 e. The van der Waals surface area contributed by atoms with Gasteiger partial charge < -0.3 is 24.4 Å². The Labute approximate surface area is 249 Å². The number of unbranched alkanes of at least 4 members (excludes halogenated alkanes) is 1. The molecular formula is C29H39N5O5S2. The van der Waals surface area contributed by atoms with Gasteiger partial charge in [0.2, 0.25) is 5.91 Å². The number of fused-ring (bicyclic) bond motifs is 1. The second-order valence-electron chi connectivity index (χ2n) is 11.1. The lowest BCUT2D eigenvalue weighted by Crippen LogP contribution is -2.26. The van der Waals surface area contributed by atoms with Gasteiger partial charge in [0.15, 0.2) is 16.7 Å². The fraction of sp³-hybridized carbons (Fsp3) is 0.552. The van der Waals surface area contributed by atoms with Crippen molar-refractivity contribution in [3.05, 3.63) is 46.0 Å². The van der Waals surface area contributed by atoms with Crippen molar-refractivity contribution in [3.63, 3.8) is 0 Å². The topological polar surface area (TPSA) is 128 Å². The quantitative estimate of drug-likeness (QED) is 0.199. The minimum atomic E-state index is -0.386. The van der Waals surface area contributed by atoms with Crippen molar-refractivity contribution in [1.29, 1.82) is 0 Å². The van der Waals surface area contributed by atoms with Crippen molar-refractivity contribution in [1.82, 2.24) is 20.1 Å². The van der Waals surface area contributed by atoms with Gasteiger partial charge in [-0.1, -0.05) is 45.9 Å². The van der Waals surface area contributed by atoms with E-state index in [9.17, 15) is 14.4 Å². The molecule has 0 bridgehead atoms. The summed E-state index contributed by atoms with van der Waals surface area (Å²) < 4.78 is 12.5. The number of thioether (sulfide) groups is 1. The van der Waals surface area contributed by atoms with Crippen LogP contribution in [0.1, 0.15) is 91.1 Å². The number of hydrogen-bond donors (Lipinski definition) is 2. The number of thiophene rings is 1. The molecule has 0 aromatic carbocycles. The van der Waals surface area contributed by atoms with E-state index in [4.69, 9.17) is 9.15 Å². The van der Waals surface area contributed by atoms with Gasteiger partial charge >= 0.3 is 5.97 Å². The smallest absolute Gasteiger partial charge is 0.341 e. The summed E-state index contributed by atoms with van der Waals surface area (Å²) in [7, 11) is 0. The Morgan fingerprint density at radius 2 is 2.05 bits per heavy atom. The van der Waals surface area contributed by atoms with Gasteiger partial charge in [-0.15, -0.1) is 21.5 Å². The van der Waals surface area contributed by atoms with Crippen LogP contribution in [0.2, 0.25) is 0 Å². The third-order valence-corrected chi connectivity index (χ3v) is 9.37. The molecule has 0 fully saturated rings. The Bertz CT molecular complexity index is 1360. The largest absolute Gasteiger partial charge is 0.462 e. The first-order valence-corrected chi connectivity index (χ1v) is 15.9. The van der Waals surface area contributed by atoms with E-state index in [1.807, 2.05) is 4.57 Å². The number of anilines is 1. The second kappa shape index (κ2) is 13.7. The zero-order valence-electron chi connectivity index (χ0n) is 24.4. The number of nitrogens with zero attached hydrogens (tertiary/aromatic N) is 3.